The molecule has 4 rings (SSSR count). The SMILES string of the molecule is O=C(C1CCN(c2ccccc2Br)C1=O)N1CCN(CCN2CCCC2)CC1. The molecule has 1 aromatic carbocycles. The van der Waals surface area contributed by atoms with Gasteiger partial charge in [-0.15, -0.1) is 0 Å². The molecule has 3 heterocycles. The molecule has 0 bridgehead atoms. The molecule has 1 aromatic rings. The van der Waals surface area contributed by atoms with E-state index >= 15 is 0 Å². The van der Waals surface area contributed by atoms with E-state index in [0.717, 1.165) is 49.4 Å². The van der Waals surface area contributed by atoms with Gasteiger partial charge in [0.1, 0.15) is 5.92 Å². The summed E-state index contributed by atoms with van der Waals surface area (Å²) >= 11 is 3.51. The van der Waals surface area contributed by atoms with Gasteiger partial charge >= 0.3 is 0 Å². The van der Waals surface area contributed by atoms with Crippen LogP contribution < -0.4 is 4.90 Å². The maximum absolute atomic E-state index is 13.0. The quantitative estimate of drug-likeness (QED) is 0.646. The summed E-state index contributed by atoms with van der Waals surface area (Å²) in [4.78, 5) is 34.5. The van der Waals surface area contributed by atoms with E-state index < -0.39 is 5.92 Å². The highest BCUT2D eigenvalue weighted by atomic mass is 79.9. The average molecular weight is 449 g/mol. The minimum Gasteiger partial charge on any atom is -0.339 e. The van der Waals surface area contributed by atoms with Gasteiger partial charge in [-0.3, -0.25) is 14.5 Å². The molecular formula is C21H29BrN4O2. The lowest BCUT2D eigenvalue weighted by atomic mass is 10.1. The predicted octanol–water partition coefficient (Wildman–Crippen LogP) is 2.04. The van der Waals surface area contributed by atoms with Crippen LogP contribution in [-0.2, 0) is 9.59 Å². The Bertz CT molecular complexity index is 714. The third kappa shape index (κ3) is 4.26. The lowest BCUT2D eigenvalue weighted by Crippen LogP contribution is -2.52. The van der Waals surface area contributed by atoms with Gasteiger partial charge in [-0.1, -0.05) is 12.1 Å². The minimum absolute atomic E-state index is 0.0127. The molecular weight excluding hydrogens is 420 g/mol. The van der Waals surface area contributed by atoms with Crippen molar-refractivity contribution in [1.82, 2.24) is 14.7 Å². The van der Waals surface area contributed by atoms with Crippen molar-refractivity contribution >= 4 is 33.4 Å². The molecule has 1 atom stereocenters. The Morgan fingerprint density at radius 3 is 2.25 bits per heavy atom. The molecule has 0 aromatic heterocycles. The number of benzene rings is 1. The first-order chi connectivity index (χ1) is 13.6. The Labute approximate surface area is 175 Å². The minimum atomic E-state index is -0.525. The van der Waals surface area contributed by atoms with Crippen LogP contribution in [0.25, 0.3) is 0 Å². The third-order valence-electron chi connectivity index (χ3n) is 6.26. The number of anilines is 1. The topological polar surface area (TPSA) is 47.1 Å². The molecule has 0 spiro atoms. The first kappa shape index (κ1) is 19.9. The smallest absolute Gasteiger partial charge is 0.239 e. The van der Waals surface area contributed by atoms with Crippen LogP contribution in [0.5, 0.6) is 0 Å². The zero-order chi connectivity index (χ0) is 19.5. The maximum Gasteiger partial charge on any atom is 0.239 e. The van der Waals surface area contributed by atoms with Crippen LogP contribution in [-0.4, -0.2) is 85.4 Å². The molecule has 28 heavy (non-hydrogen) atoms. The van der Waals surface area contributed by atoms with E-state index in [1.54, 1.807) is 4.90 Å². The van der Waals surface area contributed by atoms with E-state index in [1.807, 2.05) is 29.2 Å². The maximum atomic E-state index is 13.0. The zero-order valence-corrected chi connectivity index (χ0v) is 17.9. The second kappa shape index (κ2) is 8.93. The molecule has 0 radical (unpaired) electrons. The lowest BCUT2D eigenvalue weighted by molar-refractivity contribution is -0.141. The monoisotopic (exact) mass is 448 g/mol. The number of carbonyl (C=O) groups excluding carboxylic acids is 2. The fourth-order valence-electron chi connectivity index (χ4n) is 4.52. The summed E-state index contributed by atoms with van der Waals surface area (Å²) in [5.41, 5.74) is 0.856. The van der Waals surface area contributed by atoms with Crippen molar-refractivity contribution in [2.24, 2.45) is 5.92 Å². The Kier molecular flexibility index (Phi) is 6.33. The summed E-state index contributed by atoms with van der Waals surface area (Å²) in [6.07, 6.45) is 3.26. The van der Waals surface area contributed by atoms with Gasteiger partial charge in [0.15, 0.2) is 0 Å². The molecule has 3 saturated heterocycles. The van der Waals surface area contributed by atoms with Crippen molar-refractivity contribution in [2.75, 3.05) is 63.8 Å². The van der Waals surface area contributed by atoms with Gasteiger partial charge < -0.3 is 14.7 Å². The molecule has 2 amide bonds. The zero-order valence-electron chi connectivity index (χ0n) is 16.4. The van der Waals surface area contributed by atoms with Gasteiger partial charge in [-0.05, 0) is 60.4 Å². The Morgan fingerprint density at radius 1 is 0.929 bits per heavy atom. The standard InChI is InChI=1S/C21H29BrN4O2/c22-18-5-1-2-6-19(18)26-10-7-17(21(26)28)20(27)25-15-13-24(14-16-25)12-11-23-8-3-4-9-23/h1-2,5-6,17H,3-4,7-16H2. The van der Waals surface area contributed by atoms with Crippen LogP contribution >= 0.6 is 15.9 Å². The summed E-state index contributed by atoms with van der Waals surface area (Å²) in [6, 6.07) is 7.71. The summed E-state index contributed by atoms with van der Waals surface area (Å²) in [5.74, 6) is -0.574. The molecule has 3 aliphatic rings. The molecule has 6 nitrogen and oxygen atoms in total. The largest absolute Gasteiger partial charge is 0.339 e. The van der Waals surface area contributed by atoms with Gasteiger partial charge in [0.05, 0.1) is 5.69 Å². The molecule has 0 saturated carbocycles. The number of likely N-dealkylation sites (tertiary alicyclic amines) is 1. The number of amides is 2. The first-order valence-electron chi connectivity index (χ1n) is 10.4. The highest BCUT2D eigenvalue weighted by Crippen LogP contribution is 2.32. The number of nitrogens with zero attached hydrogens (tertiary/aromatic N) is 4. The molecule has 1 unspecified atom stereocenters. The van der Waals surface area contributed by atoms with Gasteiger partial charge in [-0.2, -0.15) is 0 Å². The van der Waals surface area contributed by atoms with E-state index in [0.29, 0.717) is 13.0 Å². The van der Waals surface area contributed by atoms with Crippen molar-refractivity contribution in [3.8, 4) is 0 Å². The second-order valence-electron chi connectivity index (χ2n) is 8.00. The molecule has 0 aliphatic carbocycles. The summed E-state index contributed by atoms with van der Waals surface area (Å²) in [5, 5.41) is 0. The number of carbonyl (C=O) groups is 2. The molecule has 3 fully saturated rings. The number of para-hydroxylation sites is 1. The average Bonchev–Trinajstić information content (AvgIpc) is 3.37. The lowest BCUT2D eigenvalue weighted by Gasteiger charge is -2.36. The highest BCUT2D eigenvalue weighted by molar-refractivity contribution is 9.10. The Morgan fingerprint density at radius 2 is 1.57 bits per heavy atom. The van der Waals surface area contributed by atoms with Gasteiger partial charge in [0.25, 0.3) is 0 Å². The number of rotatable bonds is 5. The van der Waals surface area contributed by atoms with Crippen LogP contribution in [0.15, 0.2) is 28.7 Å². The van der Waals surface area contributed by atoms with Gasteiger partial charge in [0.2, 0.25) is 11.8 Å². The van der Waals surface area contributed by atoms with Crippen molar-refractivity contribution < 1.29 is 9.59 Å². The van der Waals surface area contributed by atoms with Crippen molar-refractivity contribution in [2.45, 2.75) is 19.3 Å². The number of piperazine rings is 1. The van der Waals surface area contributed by atoms with Crippen molar-refractivity contribution in [3.05, 3.63) is 28.7 Å². The van der Waals surface area contributed by atoms with E-state index in [2.05, 4.69) is 25.7 Å². The fraction of sp³-hybridized carbons (Fsp3) is 0.619. The van der Waals surface area contributed by atoms with Gasteiger partial charge in [-0.25, -0.2) is 0 Å². The van der Waals surface area contributed by atoms with E-state index in [-0.39, 0.29) is 11.8 Å². The molecule has 152 valence electrons. The number of hydrogen-bond donors (Lipinski definition) is 0. The summed E-state index contributed by atoms with van der Waals surface area (Å²) in [6.45, 7) is 8.58. The van der Waals surface area contributed by atoms with Crippen LogP contribution in [0, 0.1) is 5.92 Å². The van der Waals surface area contributed by atoms with Gasteiger partial charge in [0, 0.05) is 50.3 Å². The summed E-state index contributed by atoms with van der Waals surface area (Å²) < 4.78 is 0.892. The fourth-order valence-corrected chi connectivity index (χ4v) is 5.02. The predicted molar refractivity (Wildman–Crippen MR) is 113 cm³/mol. The highest BCUT2D eigenvalue weighted by Gasteiger charge is 2.40. The summed E-state index contributed by atoms with van der Waals surface area (Å²) in [7, 11) is 0. The normalized spacial score (nSPS) is 24.3. The number of hydrogen-bond acceptors (Lipinski definition) is 4. The van der Waals surface area contributed by atoms with Crippen LogP contribution in [0.2, 0.25) is 0 Å². The van der Waals surface area contributed by atoms with E-state index in [9.17, 15) is 9.59 Å². The van der Waals surface area contributed by atoms with Crippen LogP contribution in [0.3, 0.4) is 0 Å². The first-order valence-corrected chi connectivity index (χ1v) is 11.2. The second-order valence-corrected chi connectivity index (χ2v) is 8.85. The Hall–Kier alpha value is -1.44. The third-order valence-corrected chi connectivity index (χ3v) is 6.93. The molecule has 3 aliphatic heterocycles. The van der Waals surface area contributed by atoms with E-state index in [4.69, 9.17) is 0 Å². The Balaban J connectivity index is 1.28. The van der Waals surface area contributed by atoms with Crippen LogP contribution in [0.1, 0.15) is 19.3 Å². The van der Waals surface area contributed by atoms with Crippen molar-refractivity contribution in [3.63, 3.8) is 0 Å². The molecule has 0 N–H and O–H groups in total. The number of halogens is 1. The van der Waals surface area contributed by atoms with Crippen LogP contribution in [0.4, 0.5) is 5.69 Å². The molecule has 7 heteroatoms. The van der Waals surface area contributed by atoms with E-state index in [1.165, 1.54) is 25.9 Å². The van der Waals surface area contributed by atoms with Crippen molar-refractivity contribution in [1.29, 1.82) is 0 Å².